The molecule has 0 N–H and O–H groups in total. The summed E-state index contributed by atoms with van der Waals surface area (Å²) in [5.41, 5.74) is 2.48. The third-order valence-corrected chi connectivity index (χ3v) is 5.22. The van der Waals surface area contributed by atoms with Gasteiger partial charge in [0, 0.05) is 8.95 Å². The molecule has 1 unspecified atom stereocenters. The first-order valence-corrected chi connectivity index (χ1v) is 7.85. The van der Waals surface area contributed by atoms with E-state index in [-0.39, 0.29) is 5.02 Å². The first kappa shape index (κ1) is 15.3. The van der Waals surface area contributed by atoms with E-state index in [9.17, 15) is 4.39 Å². The summed E-state index contributed by atoms with van der Waals surface area (Å²) >= 11 is 19.4. The van der Waals surface area contributed by atoms with Crippen LogP contribution in [0.1, 0.15) is 22.1 Å². The Hall–Kier alpha value is -0.0900. The second-order valence-electron chi connectivity index (χ2n) is 4.13. The predicted molar refractivity (Wildman–Crippen MR) is 85.7 cm³/mol. The van der Waals surface area contributed by atoms with Crippen molar-refractivity contribution in [3.8, 4) is 0 Å². The van der Waals surface area contributed by atoms with E-state index in [1.807, 2.05) is 19.1 Å². The van der Waals surface area contributed by atoms with Crippen molar-refractivity contribution < 1.29 is 4.39 Å². The largest absolute Gasteiger partial charge is 0.205 e. The minimum atomic E-state index is -0.519. The summed E-state index contributed by atoms with van der Waals surface area (Å²) in [6, 6.07) is 8.52. The summed E-state index contributed by atoms with van der Waals surface area (Å²) in [7, 11) is 0. The van der Waals surface area contributed by atoms with Gasteiger partial charge in [-0.25, -0.2) is 4.39 Å². The van der Waals surface area contributed by atoms with Crippen molar-refractivity contribution >= 4 is 55.1 Å². The Morgan fingerprint density at radius 3 is 2.47 bits per heavy atom. The molecular weight excluding hydrogens is 418 g/mol. The van der Waals surface area contributed by atoms with Gasteiger partial charge in [0.1, 0.15) is 5.82 Å². The van der Waals surface area contributed by atoms with Crippen LogP contribution in [0.3, 0.4) is 0 Å². The van der Waals surface area contributed by atoms with E-state index in [0.717, 1.165) is 20.1 Å². The first-order valence-electron chi connectivity index (χ1n) is 5.45. The van der Waals surface area contributed by atoms with Crippen molar-refractivity contribution in [1.29, 1.82) is 0 Å². The van der Waals surface area contributed by atoms with Crippen LogP contribution in [0.25, 0.3) is 0 Å². The highest BCUT2D eigenvalue weighted by molar-refractivity contribution is 9.11. The van der Waals surface area contributed by atoms with Crippen molar-refractivity contribution in [2.75, 3.05) is 0 Å². The van der Waals surface area contributed by atoms with E-state index in [1.165, 1.54) is 6.07 Å². The van der Waals surface area contributed by atoms with E-state index in [1.54, 1.807) is 12.1 Å². The lowest BCUT2D eigenvalue weighted by Crippen LogP contribution is -1.98. The molecule has 0 saturated carbocycles. The fraction of sp³-hybridized carbons (Fsp3) is 0.143. The monoisotopic (exact) mass is 424 g/mol. The molecule has 0 aliphatic carbocycles. The zero-order valence-corrected chi connectivity index (χ0v) is 14.5. The summed E-state index contributed by atoms with van der Waals surface area (Å²) < 4.78 is 15.3. The van der Waals surface area contributed by atoms with Crippen LogP contribution in [0.15, 0.2) is 39.3 Å². The van der Waals surface area contributed by atoms with Gasteiger partial charge in [-0.05, 0) is 41.8 Å². The lowest BCUT2D eigenvalue weighted by atomic mass is 10.0. The minimum Gasteiger partial charge on any atom is -0.205 e. The molecule has 2 aromatic carbocycles. The number of aryl methyl sites for hydroxylation is 1. The Bertz CT molecular complexity index is 629. The van der Waals surface area contributed by atoms with Crippen LogP contribution in [0.4, 0.5) is 4.39 Å². The Morgan fingerprint density at radius 1 is 1.11 bits per heavy atom. The molecule has 0 amide bonds. The van der Waals surface area contributed by atoms with Crippen molar-refractivity contribution in [1.82, 2.24) is 0 Å². The van der Waals surface area contributed by atoms with Crippen LogP contribution in [-0.4, -0.2) is 0 Å². The van der Waals surface area contributed by atoms with Gasteiger partial charge in [0.25, 0.3) is 0 Å². The average Bonchev–Trinajstić information content (AvgIpc) is 2.36. The predicted octanol–water partition coefficient (Wildman–Crippen LogP) is 6.64. The van der Waals surface area contributed by atoms with Gasteiger partial charge in [-0.1, -0.05) is 55.6 Å². The standard InChI is InChI=1S/C14H9Br2Cl2F/c1-7-5-11(16)9(6-10(7)15)13(17)8-3-2-4-12(19)14(8)18/h2-6,13H,1H3. The molecule has 0 nitrogen and oxygen atoms in total. The second-order valence-corrected chi connectivity index (χ2v) is 6.65. The Morgan fingerprint density at radius 2 is 1.79 bits per heavy atom. The fourth-order valence-corrected chi connectivity index (χ4v) is 3.57. The molecule has 0 aliphatic rings. The summed E-state index contributed by atoms with van der Waals surface area (Å²) in [5, 5.41) is -0.458. The smallest absolute Gasteiger partial charge is 0.142 e. The maximum atomic E-state index is 13.5. The van der Waals surface area contributed by atoms with E-state index in [4.69, 9.17) is 23.2 Å². The van der Waals surface area contributed by atoms with Crippen LogP contribution >= 0.6 is 55.1 Å². The van der Waals surface area contributed by atoms with Crippen LogP contribution in [0.5, 0.6) is 0 Å². The van der Waals surface area contributed by atoms with Gasteiger partial charge in [0.05, 0.1) is 10.4 Å². The molecule has 0 bridgehead atoms. The van der Waals surface area contributed by atoms with Crippen molar-refractivity contribution in [3.05, 3.63) is 66.8 Å². The van der Waals surface area contributed by atoms with E-state index in [0.29, 0.717) is 5.56 Å². The van der Waals surface area contributed by atoms with Gasteiger partial charge in [-0.15, -0.1) is 11.6 Å². The third kappa shape index (κ3) is 3.15. The quantitative estimate of drug-likeness (QED) is 0.472. The molecule has 100 valence electrons. The average molecular weight is 427 g/mol. The molecule has 0 aromatic heterocycles. The van der Waals surface area contributed by atoms with Crippen LogP contribution in [0, 0.1) is 12.7 Å². The van der Waals surface area contributed by atoms with Gasteiger partial charge in [0.15, 0.2) is 0 Å². The Labute approximate surface area is 138 Å². The number of rotatable bonds is 2. The topological polar surface area (TPSA) is 0 Å². The van der Waals surface area contributed by atoms with Gasteiger partial charge in [0.2, 0.25) is 0 Å². The minimum absolute atomic E-state index is 0.0612. The van der Waals surface area contributed by atoms with Gasteiger partial charge in [-0.2, -0.15) is 0 Å². The normalized spacial score (nSPS) is 12.5. The van der Waals surface area contributed by atoms with Crippen LogP contribution < -0.4 is 0 Å². The zero-order chi connectivity index (χ0) is 14.2. The Kier molecular flexibility index (Phi) is 4.93. The number of benzene rings is 2. The number of alkyl halides is 1. The van der Waals surface area contributed by atoms with Gasteiger partial charge < -0.3 is 0 Å². The molecule has 19 heavy (non-hydrogen) atoms. The summed E-state index contributed by atoms with van der Waals surface area (Å²) in [5.74, 6) is -0.466. The Balaban J connectivity index is 2.53. The number of hydrogen-bond acceptors (Lipinski definition) is 0. The van der Waals surface area contributed by atoms with Crippen molar-refractivity contribution in [3.63, 3.8) is 0 Å². The molecule has 1 atom stereocenters. The highest BCUT2D eigenvalue weighted by Gasteiger charge is 2.19. The molecule has 0 fully saturated rings. The van der Waals surface area contributed by atoms with Crippen molar-refractivity contribution in [2.45, 2.75) is 12.3 Å². The number of halogens is 5. The molecular formula is C14H9Br2Cl2F. The highest BCUT2D eigenvalue weighted by Crippen LogP contribution is 2.39. The maximum absolute atomic E-state index is 13.5. The first-order chi connectivity index (χ1) is 8.91. The molecule has 0 saturated heterocycles. The third-order valence-electron chi connectivity index (χ3n) is 2.81. The summed E-state index contributed by atoms with van der Waals surface area (Å²) in [6.07, 6.45) is 0. The zero-order valence-electron chi connectivity index (χ0n) is 9.85. The van der Waals surface area contributed by atoms with Crippen LogP contribution in [0.2, 0.25) is 5.02 Å². The lowest BCUT2D eigenvalue weighted by molar-refractivity contribution is 0.626. The molecule has 0 spiro atoms. The molecule has 0 heterocycles. The molecule has 2 aromatic rings. The van der Waals surface area contributed by atoms with Gasteiger partial charge >= 0.3 is 0 Å². The fourth-order valence-electron chi connectivity index (χ4n) is 1.74. The van der Waals surface area contributed by atoms with Crippen LogP contribution in [-0.2, 0) is 0 Å². The molecule has 2 rings (SSSR count). The second kappa shape index (κ2) is 6.13. The lowest BCUT2D eigenvalue weighted by Gasteiger charge is -2.15. The molecule has 5 heteroatoms. The number of hydrogen-bond donors (Lipinski definition) is 0. The SMILES string of the molecule is Cc1cc(Br)c(C(Cl)c2cccc(F)c2Cl)cc1Br. The highest BCUT2D eigenvalue weighted by atomic mass is 79.9. The molecule has 0 radical (unpaired) electrons. The summed E-state index contributed by atoms with van der Waals surface area (Å²) in [4.78, 5) is 0. The molecule has 0 aliphatic heterocycles. The van der Waals surface area contributed by atoms with Gasteiger partial charge in [-0.3, -0.25) is 0 Å². The van der Waals surface area contributed by atoms with Crippen molar-refractivity contribution in [2.24, 2.45) is 0 Å². The van der Waals surface area contributed by atoms with E-state index >= 15 is 0 Å². The maximum Gasteiger partial charge on any atom is 0.142 e. The summed E-state index contributed by atoms with van der Waals surface area (Å²) in [6.45, 7) is 1.98. The van der Waals surface area contributed by atoms with E-state index < -0.39 is 11.2 Å². The van der Waals surface area contributed by atoms with E-state index in [2.05, 4.69) is 31.9 Å².